The van der Waals surface area contributed by atoms with Gasteiger partial charge in [-0.1, -0.05) is 27.7 Å². The molecule has 5 unspecified atom stereocenters. The third kappa shape index (κ3) is 2.28. The summed E-state index contributed by atoms with van der Waals surface area (Å²) in [7, 11) is -6.87. The molecule has 4 bridgehead atoms. The van der Waals surface area contributed by atoms with E-state index in [4.69, 9.17) is 9.98 Å². The van der Waals surface area contributed by atoms with Gasteiger partial charge in [0.05, 0.1) is 46.4 Å². The molecule has 8 nitrogen and oxygen atoms in total. The van der Waals surface area contributed by atoms with Gasteiger partial charge in [-0.05, 0) is 42.9 Å². The van der Waals surface area contributed by atoms with Crippen LogP contribution < -0.4 is 0 Å². The molecule has 6 atom stereocenters. The summed E-state index contributed by atoms with van der Waals surface area (Å²) < 4.78 is 58.1. The van der Waals surface area contributed by atoms with Gasteiger partial charge in [0.2, 0.25) is 0 Å². The Morgan fingerprint density at radius 1 is 0.727 bits per heavy atom. The van der Waals surface area contributed by atoms with Crippen LogP contribution in [-0.4, -0.2) is 63.3 Å². The zero-order chi connectivity index (χ0) is 23.4. The summed E-state index contributed by atoms with van der Waals surface area (Å²) in [5, 5.41) is 0. The third-order valence-electron chi connectivity index (χ3n) is 10.6. The Hall–Kier alpha value is -1.42. The van der Waals surface area contributed by atoms with Gasteiger partial charge >= 0.3 is 0 Å². The molecule has 5 aliphatic carbocycles. The smallest absolute Gasteiger partial charge is 0.254 e. The summed E-state index contributed by atoms with van der Waals surface area (Å²) in [4.78, 5) is 10.1. The van der Waals surface area contributed by atoms with Gasteiger partial charge in [-0.25, -0.2) is 16.8 Å². The predicted octanol–water partition coefficient (Wildman–Crippen LogP) is 2.45. The lowest BCUT2D eigenvalue weighted by Gasteiger charge is -2.33. The van der Waals surface area contributed by atoms with Crippen molar-refractivity contribution in [2.24, 2.45) is 52.3 Å². The topological polar surface area (TPSA) is 118 Å². The van der Waals surface area contributed by atoms with Gasteiger partial charge < -0.3 is 0 Å². The summed E-state index contributed by atoms with van der Waals surface area (Å²) in [6.07, 6.45) is 4.46. The number of hydrogen-bond donors (Lipinski definition) is 0. The second-order valence-electron chi connectivity index (χ2n) is 12.5. The van der Waals surface area contributed by atoms with Gasteiger partial charge in [-0.2, -0.15) is 8.80 Å². The Bertz CT molecular complexity index is 1270. The molecule has 5 fully saturated rings. The molecule has 2 aliphatic heterocycles. The molecule has 10 heteroatoms. The summed E-state index contributed by atoms with van der Waals surface area (Å²) in [6, 6.07) is 0.0324. The fourth-order valence-corrected chi connectivity index (χ4v) is 12.2. The highest BCUT2D eigenvalue weighted by atomic mass is 32.2. The molecule has 0 radical (unpaired) electrons. The maximum atomic E-state index is 12.4. The van der Waals surface area contributed by atoms with Crippen LogP contribution in [0.5, 0.6) is 0 Å². The van der Waals surface area contributed by atoms with Crippen LogP contribution in [0.2, 0.25) is 0 Å². The highest BCUT2D eigenvalue weighted by Crippen LogP contribution is 2.67. The van der Waals surface area contributed by atoms with E-state index in [0.717, 1.165) is 43.5 Å². The Morgan fingerprint density at radius 2 is 1.12 bits per heavy atom. The van der Waals surface area contributed by atoms with Crippen LogP contribution in [0.15, 0.2) is 18.8 Å². The number of rotatable bonds is 2. The lowest BCUT2D eigenvalue weighted by Crippen LogP contribution is -2.38. The number of hydrogen-bond acceptors (Lipinski definition) is 6. The minimum Gasteiger partial charge on any atom is -0.282 e. The van der Waals surface area contributed by atoms with Gasteiger partial charge in [0.15, 0.2) is 0 Å². The zero-order valence-corrected chi connectivity index (χ0v) is 21.1. The van der Waals surface area contributed by atoms with E-state index in [1.165, 1.54) is 0 Å². The van der Waals surface area contributed by atoms with E-state index < -0.39 is 20.0 Å². The Labute approximate surface area is 195 Å². The fourth-order valence-electron chi connectivity index (χ4n) is 8.43. The highest BCUT2D eigenvalue weighted by molar-refractivity contribution is 7.91. The van der Waals surface area contributed by atoms with E-state index in [2.05, 4.69) is 36.5 Å². The predicted molar refractivity (Wildman–Crippen MR) is 127 cm³/mol. The standard InChI is InChI=1S/C23H30N4O4S2/c1-20(2)12-5-7-22(20)10-32(28,29)26-18(22)16(12)24-14-9-15(14)25-17-13-6-8-23(21(13,3)4)11-33(30,31)27-19(17)23/h12-15H,5-11H2,1-4H3/t12?,13?,14-,15?,22?,23?/m1/s1. The molecule has 7 rings (SSSR count). The Kier molecular flexibility index (Phi) is 3.50. The number of sulfonamides is 2. The highest BCUT2D eigenvalue weighted by Gasteiger charge is 2.71. The van der Waals surface area contributed by atoms with Crippen LogP contribution in [0, 0.1) is 33.5 Å². The largest absolute Gasteiger partial charge is 0.282 e. The quantitative estimate of drug-likeness (QED) is 0.591. The minimum absolute atomic E-state index is 0.0162. The maximum absolute atomic E-state index is 12.4. The normalized spacial score (nSPS) is 50.5. The van der Waals surface area contributed by atoms with Crippen molar-refractivity contribution >= 4 is 42.9 Å². The van der Waals surface area contributed by atoms with Gasteiger partial charge in [0.1, 0.15) is 0 Å². The van der Waals surface area contributed by atoms with Crippen molar-refractivity contribution in [2.75, 3.05) is 11.5 Å². The van der Waals surface area contributed by atoms with Crippen molar-refractivity contribution in [1.29, 1.82) is 0 Å². The van der Waals surface area contributed by atoms with Crippen molar-refractivity contribution in [3.8, 4) is 0 Å². The molecule has 33 heavy (non-hydrogen) atoms. The van der Waals surface area contributed by atoms with Crippen LogP contribution in [-0.2, 0) is 20.0 Å². The molecular weight excluding hydrogens is 460 g/mol. The first kappa shape index (κ1) is 20.9. The molecule has 5 saturated carbocycles. The lowest BCUT2D eigenvalue weighted by molar-refractivity contribution is 0.213. The molecule has 0 amide bonds. The van der Waals surface area contributed by atoms with E-state index in [9.17, 15) is 16.8 Å². The van der Waals surface area contributed by atoms with Crippen LogP contribution in [0.4, 0.5) is 0 Å². The molecule has 0 aromatic rings. The maximum Gasteiger partial charge on any atom is 0.254 e. The van der Waals surface area contributed by atoms with E-state index >= 15 is 0 Å². The summed E-state index contributed by atoms with van der Waals surface area (Å²) in [5.41, 5.74) is 2.13. The third-order valence-corrected chi connectivity index (χ3v) is 13.3. The van der Waals surface area contributed by atoms with E-state index in [1.807, 2.05) is 0 Å². The molecule has 178 valence electrons. The van der Waals surface area contributed by atoms with Gasteiger partial charge in [-0.3, -0.25) is 9.98 Å². The van der Waals surface area contributed by atoms with Crippen LogP contribution >= 0.6 is 0 Å². The first-order valence-electron chi connectivity index (χ1n) is 12.1. The van der Waals surface area contributed by atoms with Gasteiger partial charge in [0.25, 0.3) is 20.0 Å². The van der Waals surface area contributed by atoms with Gasteiger partial charge in [-0.15, -0.1) is 0 Å². The summed E-state index contributed by atoms with van der Waals surface area (Å²) >= 11 is 0. The first-order chi connectivity index (χ1) is 15.2. The molecule has 2 spiro atoms. The minimum atomic E-state index is -3.43. The SMILES string of the molecule is CC1(C)C2CCC13CS(=O)(=O)N=C3C2=NC1C[C@H]1N=C1C2=NS(=O)(=O)CC23CCC1C3(C)C. The number of nitrogens with zero attached hydrogens (tertiary/aromatic N) is 4. The van der Waals surface area contributed by atoms with E-state index in [0.29, 0.717) is 11.4 Å². The summed E-state index contributed by atoms with van der Waals surface area (Å²) in [5.74, 6) is 0.715. The van der Waals surface area contributed by atoms with Crippen molar-refractivity contribution in [3.05, 3.63) is 0 Å². The fraction of sp³-hybridized carbons (Fsp3) is 0.826. The summed E-state index contributed by atoms with van der Waals surface area (Å²) in [6.45, 7) is 8.68. The molecule has 7 aliphatic rings. The zero-order valence-electron chi connectivity index (χ0n) is 19.5. The van der Waals surface area contributed by atoms with Crippen molar-refractivity contribution < 1.29 is 16.8 Å². The monoisotopic (exact) mass is 490 g/mol. The van der Waals surface area contributed by atoms with E-state index in [-0.39, 0.29) is 57.1 Å². The van der Waals surface area contributed by atoms with Crippen molar-refractivity contribution in [1.82, 2.24) is 0 Å². The Morgan fingerprint density at radius 3 is 1.52 bits per heavy atom. The van der Waals surface area contributed by atoms with Crippen LogP contribution in [0.1, 0.15) is 59.8 Å². The number of fused-ring (bicyclic) bond motifs is 2. The van der Waals surface area contributed by atoms with Crippen molar-refractivity contribution in [2.45, 2.75) is 71.9 Å². The Balaban J connectivity index is 1.24. The molecule has 0 aromatic heterocycles. The average molecular weight is 491 g/mol. The molecule has 0 saturated heterocycles. The van der Waals surface area contributed by atoms with Gasteiger partial charge in [0, 0.05) is 22.7 Å². The first-order valence-corrected chi connectivity index (χ1v) is 15.3. The molecule has 2 heterocycles. The average Bonchev–Trinajstić information content (AvgIpc) is 2.83. The van der Waals surface area contributed by atoms with Crippen LogP contribution in [0.25, 0.3) is 0 Å². The molecule has 0 aromatic carbocycles. The number of aliphatic imine (C=N–C) groups is 2. The molecular formula is C23H30N4O4S2. The van der Waals surface area contributed by atoms with Crippen LogP contribution in [0.3, 0.4) is 0 Å². The van der Waals surface area contributed by atoms with Crippen molar-refractivity contribution in [3.63, 3.8) is 0 Å². The second kappa shape index (κ2) is 5.53. The molecule has 0 N–H and O–H groups in total. The lowest BCUT2D eigenvalue weighted by atomic mass is 9.70. The second-order valence-corrected chi connectivity index (χ2v) is 15.8. The van der Waals surface area contributed by atoms with E-state index in [1.54, 1.807) is 0 Å².